The van der Waals surface area contributed by atoms with Gasteiger partial charge in [-0.25, -0.2) is 8.78 Å². The quantitative estimate of drug-likeness (QED) is 0.0612. The first-order valence-corrected chi connectivity index (χ1v) is 20.8. The summed E-state index contributed by atoms with van der Waals surface area (Å²) in [6.45, 7) is 25.9. The van der Waals surface area contributed by atoms with E-state index in [1.807, 2.05) is 60.2 Å². The molecule has 0 saturated carbocycles. The van der Waals surface area contributed by atoms with Crippen molar-refractivity contribution in [3.63, 3.8) is 0 Å². The minimum atomic E-state index is -1.55. The summed E-state index contributed by atoms with van der Waals surface area (Å²) in [6, 6.07) is 0.766. The Hall–Kier alpha value is -3.21. The summed E-state index contributed by atoms with van der Waals surface area (Å²) in [7, 11) is 0. The first-order valence-electron chi connectivity index (χ1n) is 20.8. The molecule has 0 spiro atoms. The van der Waals surface area contributed by atoms with Gasteiger partial charge in [-0.1, -0.05) is 78.9 Å². The molecule has 1 aromatic rings. The lowest BCUT2D eigenvalue weighted by atomic mass is 9.85. The molecule has 0 saturated heterocycles. The molecule has 0 aliphatic heterocycles. The van der Waals surface area contributed by atoms with Crippen molar-refractivity contribution in [1.82, 2.24) is 4.90 Å². The highest BCUT2D eigenvalue weighted by atomic mass is 19.2. The van der Waals surface area contributed by atoms with Crippen LogP contribution in [0.15, 0.2) is 17.7 Å². The van der Waals surface area contributed by atoms with E-state index in [1.54, 1.807) is 6.92 Å². The van der Waals surface area contributed by atoms with Crippen molar-refractivity contribution in [3.05, 3.63) is 46.6 Å². The normalized spacial score (nSPS) is 14.9. The van der Waals surface area contributed by atoms with Crippen LogP contribution in [0.1, 0.15) is 159 Å². The Kier molecular flexibility index (Phi) is 21.8. The number of hydrogen-bond donors (Lipinski definition) is 0. The lowest BCUT2D eigenvalue weighted by Crippen LogP contribution is -2.36. The van der Waals surface area contributed by atoms with Crippen LogP contribution < -0.4 is 4.74 Å². The van der Waals surface area contributed by atoms with Crippen LogP contribution in [0.3, 0.4) is 0 Å². The minimum absolute atomic E-state index is 0.0352. The van der Waals surface area contributed by atoms with E-state index < -0.39 is 40.4 Å². The molecule has 0 aromatic heterocycles. The smallest absolute Gasteiger partial charge is 0.325 e. The second-order valence-electron chi connectivity index (χ2n) is 18.7. The van der Waals surface area contributed by atoms with Gasteiger partial charge in [0.2, 0.25) is 11.6 Å². The predicted octanol–water partition coefficient (Wildman–Crippen LogP) is 11.1. The van der Waals surface area contributed by atoms with E-state index in [4.69, 9.17) is 19.0 Å². The number of aryl methyl sites for hydroxylation is 1. The number of esters is 3. The molecule has 0 fully saturated rings. The third kappa shape index (κ3) is 20.9. The topological polar surface area (TPSA) is 99.2 Å². The molecule has 0 bridgehead atoms. The molecule has 3 atom stereocenters. The number of benzene rings is 1. The number of carbonyl (C=O) groups excluding carboxylic acids is 4. The van der Waals surface area contributed by atoms with Crippen LogP contribution in [0.25, 0.3) is 0 Å². The zero-order valence-corrected chi connectivity index (χ0v) is 37.1. The fraction of sp³-hybridized carbons (Fsp3) is 0.717. The van der Waals surface area contributed by atoms with Gasteiger partial charge in [-0.3, -0.25) is 19.3 Å². The van der Waals surface area contributed by atoms with Gasteiger partial charge < -0.3 is 19.0 Å². The van der Waals surface area contributed by atoms with Gasteiger partial charge in [0.15, 0.2) is 11.6 Å². The maximum Gasteiger partial charge on any atom is 0.325 e. The van der Waals surface area contributed by atoms with Crippen molar-refractivity contribution < 1.29 is 46.6 Å². The van der Waals surface area contributed by atoms with Crippen molar-refractivity contribution in [1.29, 1.82) is 0 Å². The lowest BCUT2D eigenvalue weighted by Gasteiger charge is -2.27. The first kappa shape index (κ1) is 51.8. The van der Waals surface area contributed by atoms with E-state index in [0.29, 0.717) is 31.8 Å². The summed E-state index contributed by atoms with van der Waals surface area (Å²) in [4.78, 5) is 48.6. The van der Waals surface area contributed by atoms with Crippen LogP contribution in [0.5, 0.6) is 5.75 Å². The fourth-order valence-electron chi connectivity index (χ4n) is 7.02. The van der Waals surface area contributed by atoms with Crippen LogP contribution in [0.4, 0.5) is 13.2 Å². The molecular weight excluding hydrogens is 735 g/mol. The van der Waals surface area contributed by atoms with Crippen LogP contribution in [0, 0.1) is 46.5 Å². The summed E-state index contributed by atoms with van der Waals surface area (Å²) in [5.74, 6) is -4.59. The second kappa shape index (κ2) is 24.0. The monoisotopic (exact) mass is 809 g/mol. The standard InChI is InChI=1S/C45H71F3NO6.CH2O/c1-13-16-31(19-20-34-27-35(34)43(4,5)6)17-15-18-32(26-38(51)55-45(10,11)12)22-24-49(23-21-30(3)25-37(50)54-44(7,8)9)29-39(52)53-42-40(47)33(14-2)28-36(46)41(42)48;1-2/h27-28,30-32H,13-26,29H2,1-12H3;1H2. The van der Waals surface area contributed by atoms with Crippen LogP contribution >= 0.6 is 0 Å². The Labute approximate surface area is 342 Å². The highest BCUT2D eigenvalue weighted by molar-refractivity contribution is 5.74. The Bertz CT molecular complexity index is 1460. The van der Waals surface area contributed by atoms with Gasteiger partial charge >= 0.3 is 17.9 Å². The third-order valence-electron chi connectivity index (χ3n) is 9.88. The van der Waals surface area contributed by atoms with Gasteiger partial charge in [0.05, 0.1) is 6.54 Å². The largest absolute Gasteiger partial charge is 0.460 e. The second-order valence-corrected chi connectivity index (χ2v) is 18.7. The molecule has 0 N–H and O–H groups in total. The molecule has 1 aromatic carbocycles. The Morgan fingerprint density at radius 1 is 0.737 bits per heavy atom. The molecule has 0 amide bonds. The summed E-state index contributed by atoms with van der Waals surface area (Å²) in [5, 5.41) is 0. The fourth-order valence-corrected chi connectivity index (χ4v) is 7.02. The molecular formula is C46H73F3NO7. The van der Waals surface area contributed by atoms with Crippen LogP contribution in [0.2, 0.25) is 0 Å². The first-order chi connectivity index (χ1) is 26.4. The number of carbonyl (C=O) groups is 4. The number of allylic oxidation sites excluding steroid dienone is 2. The number of ether oxygens (including phenoxy) is 3. The third-order valence-corrected chi connectivity index (χ3v) is 9.88. The highest BCUT2D eigenvalue weighted by Crippen LogP contribution is 2.48. The average molecular weight is 809 g/mol. The SMILES string of the molecule is C=O.CCCC(CCCC(CCN(CCC(C)CC(=O)OC(C)(C)C)CC(=O)Oc1c(F)c(F)cc(CC)c1F)CC(=O)OC(C)(C)C)CC[C]1C=C1C(C)(C)C. The zero-order chi connectivity index (χ0) is 43.7. The van der Waals surface area contributed by atoms with E-state index in [-0.39, 0.29) is 60.6 Å². The van der Waals surface area contributed by atoms with Gasteiger partial charge in [0, 0.05) is 18.8 Å². The predicted molar refractivity (Wildman–Crippen MR) is 220 cm³/mol. The molecule has 1 aliphatic rings. The van der Waals surface area contributed by atoms with E-state index in [0.717, 1.165) is 51.0 Å². The summed E-state index contributed by atoms with van der Waals surface area (Å²) >= 11 is 0. The van der Waals surface area contributed by atoms with Gasteiger partial charge in [0.1, 0.15) is 18.0 Å². The lowest BCUT2D eigenvalue weighted by molar-refractivity contribution is -0.157. The van der Waals surface area contributed by atoms with Crippen LogP contribution in [-0.2, 0) is 35.1 Å². The van der Waals surface area contributed by atoms with Crippen molar-refractivity contribution in [2.45, 2.75) is 171 Å². The maximum atomic E-state index is 15.0. The Morgan fingerprint density at radius 2 is 1.30 bits per heavy atom. The molecule has 8 nitrogen and oxygen atoms in total. The van der Waals surface area contributed by atoms with Crippen molar-refractivity contribution in [3.8, 4) is 5.75 Å². The molecule has 325 valence electrons. The molecule has 1 aliphatic carbocycles. The summed E-state index contributed by atoms with van der Waals surface area (Å²) in [6.07, 6.45) is 11.2. The molecule has 0 heterocycles. The summed E-state index contributed by atoms with van der Waals surface area (Å²) in [5.41, 5.74) is 0.320. The Morgan fingerprint density at radius 3 is 1.82 bits per heavy atom. The van der Waals surface area contributed by atoms with Gasteiger partial charge in [0.25, 0.3) is 0 Å². The number of nitrogens with zero attached hydrogens (tertiary/aromatic N) is 1. The summed E-state index contributed by atoms with van der Waals surface area (Å²) < 4.78 is 60.2. The number of hydrogen-bond acceptors (Lipinski definition) is 8. The molecule has 11 heteroatoms. The molecule has 1 radical (unpaired) electrons. The van der Waals surface area contributed by atoms with Crippen molar-refractivity contribution in [2.24, 2.45) is 23.2 Å². The number of rotatable bonds is 23. The maximum absolute atomic E-state index is 15.0. The van der Waals surface area contributed by atoms with E-state index in [9.17, 15) is 27.6 Å². The van der Waals surface area contributed by atoms with E-state index >= 15 is 0 Å². The van der Waals surface area contributed by atoms with Crippen LogP contribution in [-0.4, -0.2) is 60.4 Å². The van der Waals surface area contributed by atoms with Crippen molar-refractivity contribution in [2.75, 3.05) is 19.6 Å². The van der Waals surface area contributed by atoms with Gasteiger partial charge in [-0.05, 0) is 128 Å². The minimum Gasteiger partial charge on any atom is -0.460 e. The molecule has 57 heavy (non-hydrogen) atoms. The number of halogens is 3. The zero-order valence-electron chi connectivity index (χ0n) is 37.1. The average Bonchev–Trinajstić information content (AvgIpc) is 3.88. The Balaban J connectivity index is 0.00000799. The van der Waals surface area contributed by atoms with Crippen molar-refractivity contribution >= 4 is 24.7 Å². The highest BCUT2D eigenvalue weighted by Gasteiger charge is 2.34. The van der Waals surface area contributed by atoms with Gasteiger partial charge in [-0.15, -0.1) is 0 Å². The molecule has 3 unspecified atom stereocenters. The van der Waals surface area contributed by atoms with E-state index in [2.05, 4.69) is 33.8 Å². The molecule has 2 rings (SSSR count). The van der Waals surface area contributed by atoms with E-state index in [1.165, 1.54) is 11.5 Å². The van der Waals surface area contributed by atoms with Gasteiger partial charge in [-0.2, -0.15) is 4.39 Å².